The average molecular weight is 293 g/mol. The van der Waals surface area contributed by atoms with Crippen molar-refractivity contribution in [1.29, 1.82) is 0 Å². The van der Waals surface area contributed by atoms with Crippen LogP contribution in [0.3, 0.4) is 0 Å². The monoisotopic (exact) mass is 293 g/mol. The Labute approximate surface area is 127 Å². The predicted octanol–water partition coefficient (Wildman–Crippen LogP) is 1.22. The van der Waals surface area contributed by atoms with E-state index in [9.17, 15) is 9.59 Å². The van der Waals surface area contributed by atoms with E-state index in [1.165, 1.54) is 0 Å². The minimum Gasteiger partial charge on any atom is -0.392 e. The van der Waals surface area contributed by atoms with Crippen molar-refractivity contribution in [2.24, 2.45) is 11.8 Å². The summed E-state index contributed by atoms with van der Waals surface area (Å²) in [5.41, 5.74) is 1.02. The minimum atomic E-state index is -0.0238. The molecular weight excluding hydrogens is 266 g/mol. The van der Waals surface area contributed by atoms with Crippen LogP contribution < -0.4 is 5.32 Å². The molecule has 2 saturated heterocycles. The second-order valence-electron chi connectivity index (χ2n) is 6.20. The molecule has 2 unspecified atom stereocenters. The molecule has 2 amide bonds. The summed E-state index contributed by atoms with van der Waals surface area (Å²) in [6, 6.07) is 0. The van der Waals surface area contributed by atoms with E-state index in [-0.39, 0.29) is 17.7 Å². The minimum absolute atomic E-state index is 0.0238. The molecule has 2 rings (SSSR count). The molecular formula is C16H27N3O2. The highest BCUT2D eigenvalue weighted by Crippen LogP contribution is 2.25. The summed E-state index contributed by atoms with van der Waals surface area (Å²) in [6.45, 7) is 8.59. The van der Waals surface area contributed by atoms with Gasteiger partial charge in [0.2, 0.25) is 11.8 Å². The number of nitrogens with one attached hydrogen (secondary N) is 1. The van der Waals surface area contributed by atoms with Crippen molar-refractivity contribution >= 4 is 11.8 Å². The molecule has 0 spiro atoms. The van der Waals surface area contributed by atoms with E-state index in [0.29, 0.717) is 12.5 Å². The molecule has 0 bridgehead atoms. The number of hydrogen-bond acceptors (Lipinski definition) is 3. The number of hydrogen-bond donors (Lipinski definition) is 1. The Morgan fingerprint density at radius 3 is 2.24 bits per heavy atom. The molecule has 0 aliphatic carbocycles. The maximum absolute atomic E-state index is 12.7. The number of carbonyl (C=O) groups is 2. The molecule has 2 atom stereocenters. The van der Waals surface area contributed by atoms with E-state index in [1.807, 2.05) is 11.9 Å². The van der Waals surface area contributed by atoms with Gasteiger partial charge in [0, 0.05) is 51.8 Å². The molecule has 5 nitrogen and oxygen atoms in total. The molecule has 0 aromatic rings. The van der Waals surface area contributed by atoms with E-state index in [4.69, 9.17) is 0 Å². The molecule has 1 N–H and O–H groups in total. The average Bonchev–Trinajstić information content (AvgIpc) is 2.53. The van der Waals surface area contributed by atoms with Crippen LogP contribution in [0.5, 0.6) is 0 Å². The van der Waals surface area contributed by atoms with Crippen molar-refractivity contribution in [1.82, 2.24) is 15.1 Å². The van der Waals surface area contributed by atoms with E-state index in [1.54, 1.807) is 11.8 Å². The van der Waals surface area contributed by atoms with Gasteiger partial charge in [-0.3, -0.25) is 9.59 Å². The van der Waals surface area contributed by atoms with Crippen molar-refractivity contribution in [3.63, 3.8) is 0 Å². The summed E-state index contributed by atoms with van der Waals surface area (Å²) in [7, 11) is 1.88. The van der Waals surface area contributed by atoms with Crippen molar-refractivity contribution in [2.45, 2.75) is 32.6 Å². The van der Waals surface area contributed by atoms with E-state index in [0.717, 1.165) is 51.0 Å². The highest BCUT2D eigenvalue weighted by Gasteiger charge is 2.32. The Hall–Kier alpha value is -1.52. The second kappa shape index (κ2) is 6.96. The maximum atomic E-state index is 12.7. The topological polar surface area (TPSA) is 52.7 Å². The van der Waals surface area contributed by atoms with Gasteiger partial charge in [-0.15, -0.1) is 0 Å². The lowest BCUT2D eigenvalue weighted by Crippen LogP contribution is -2.49. The van der Waals surface area contributed by atoms with Gasteiger partial charge in [0.15, 0.2) is 0 Å². The molecule has 21 heavy (non-hydrogen) atoms. The molecule has 118 valence electrons. The first-order valence-electron chi connectivity index (χ1n) is 7.93. The number of likely N-dealkylation sites (tertiary alicyclic amines) is 2. The molecule has 2 heterocycles. The fourth-order valence-corrected chi connectivity index (χ4v) is 3.39. The van der Waals surface area contributed by atoms with Crippen molar-refractivity contribution in [3.8, 4) is 0 Å². The lowest BCUT2D eigenvalue weighted by molar-refractivity contribution is -0.141. The quantitative estimate of drug-likeness (QED) is 0.851. The van der Waals surface area contributed by atoms with Crippen LogP contribution in [-0.4, -0.2) is 54.8 Å². The second-order valence-corrected chi connectivity index (χ2v) is 6.20. The van der Waals surface area contributed by atoms with Crippen LogP contribution in [0.2, 0.25) is 0 Å². The molecule has 0 radical (unpaired) electrons. The maximum Gasteiger partial charge on any atom is 0.227 e. The standard InChI is InChI=1S/C16H27N3O2/c1-12(17-3)14-6-4-9-19(10-14)16(21)15-7-5-8-18(11-15)13(2)20/h14-15,17H,1,4-11H2,2-3H3. The normalized spacial score (nSPS) is 26.4. The van der Waals surface area contributed by atoms with Gasteiger partial charge in [0.05, 0.1) is 5.92 Å². The number of carbonyl (C=O) groups excluding carboxylic acids is 2. The number of rotatable bonds is 3. The first kappa shape index (κ1) is 15.9. The highest BCUT2D eigenvalue weighted by molar-refractivity contribution is 5.81. The zero-order valence-corrected chi connectivity index (χ0v) is 13.2. The largest absolute Gasteiger partial charge is 0.392 e. The van der Waals surface area contributed by atoms with Crippen LogP contribution in [0.4, 0.5) is 0 Å². The highest BCUT2D eigenvalue weighted by atomic mass is 16.2. The summed E-state index contributed by atoms with van der Waals surface area (Å²) in [4.78, 5) is 28.0. The Balaban J connectivity index is 1.95. The summed E-state index contributed by atoms with van der Waals surface area (Å²) in [6.07, 6.45) is 3.95. The molecule has 2 aliphatic rings. The Bertz CT molecular complexity index is 422. The number of nitrogens with zero attached hydrogens (tertiary/aromatic N) is 2. The Morgan fingerprint density at radius 1 is 1.05 bits per heavy atom. The van der Waals surface area contributed by atoms with Gasteiger partial charge < -0.3 is 15.1 Å². The number of amides is 2. The number of piperidine rings is 2. The van der Waals surface area contributed by atoms with Gasteiger partial charge in [0.1, 0.15) is 0 Å². The van der Waals surface area contributed by atoms with Crippen LogP contribution in [0, 0.1) is 11.8 Å². The van der Waals surface area contributed by atoms with Crippen LogP contribution in [0.15, 0.2) is 12.3 Å². The van der Waals surface area contributed by atoms with Crippen molar-refractivity contribution < 1.29 is 9.59 Å². The summed E-state index contributed by atoms with van der Waals surface area (Å²) >= 11 is 0. The van der Waals surface area contributed by atoms with E-state index < -0.39 is 0 Å². The third kappa shape index (κ3) is 3.77. The van der Waals surface area contributed by atoms with Crippen LogP contribution in [0.25, 0.3) is 0 Å². The van der Waals surface area contributed by atoms with Gasteiger partial charge >= 0.3 is 0 Å². The molecule has 0 aromatic carbocycles. The first-order valence-corrected chi connectivity index (χ1v) is 7.93. The van der Waals surface area contributed by atoms with Crippen LogP contribution in [0.1, 0.15) is 32.6 Å². The Morgan fingerprint density at radius 2 is 1.62 bits per heavy atom. The SMILES string of the molecule is C=C(NC)C1CCCN(C(=O)C2CCCN(C(C)=O)C2)C1. The van der Waals surface area contributed by atoms with Crippen molar-refractivity contribution in [3.05, 3.63) is 12.3 Å². The Kier molecular flexibility index (Phi) is 5.26. The fraction of sp³-hybridized carbons (Fsp3) is 0.750. The third-order valence-corrected chi connectivity index (χ3v) is 4.76. The molecule has 2 fully saturated rings. The van der Waals surface area contributed by atoms with Crippen molar-refractivity contribution in [2.75, 3.05) is 33.2 Å². The first-order chi connectivity index (χ1) is 10.0. The third-order valence-electron chi connectivity index (χ3n) is 4.76. The lowest BCUT2D eigenvalue weighted by Gasteiger charge is -2.38. The van der Waals surface area contributed by atoms with Crippen LogP contribution in [-0.2, 0) is 9.59 Å². The predicted molar refractivity (Wildman–Crippen MR) is 82.5 cm³/mol. The molecule has 2 aliphatic heterocycles. The smallest absolute Gasteiger partial charge is 0.227 e. The lowest BCUT2D eigenvalue weighted by atomic mass is 9.92. The fourth-order valence-electron chi connectivity index (χ4n) is 3.39. The zero-order valence-electron chi connectivity index (χ0n) is 13.2. The summed E-state index contributed by atoms with van der Waals surface area (Å²) < 4.78 is 0. The summed E-state index contributed by atoms with van der Waals surface area (Å²) in [5.74, 6) is 0.617. The molecule has 5 heteroatoms. The zero-order chi connectivity index (χ0) is 15.4. The summed E-state index contributed by atoms with van der Waals surface area (Å²) in [5, 5.41) is 3.11. The van der Waals surface area contributed by atoms with Gasteiger partial charge in [0.25, 0.3) is 0 Å². The van der Waals surface area contributed by atoms with E-state index >= 15 is 0 Å². The van der Waals surface area contributed by atoms with Gasteiger partial charge in [-0.1, -0.05) is 6.58 Å². The van der Waals surface area contributed by atoms with Gasteiger partial charge in [-0.25, -0.2) is 0 Å². The van der Waals surface area contributed by atoms with Gasteiger partial charge in [-0.05, 0) is 25.7 Å². The van der Waals surface area contributed by atoms with Gasteiger partial charge in [-0.2, -0.15) is 0 Å². The molecule has 0 aromatic heterocycles. The molecule has 0 saturated carbocycles. The van der Waals surface area contributed by atoms with Crippen LogP contribution >= 0.6 is 0 Å². The van der Waals surface area contributed by atoms with E-state index in [2.05, 4.69) is 11.9 Å².